The fraction of sp³-hybridized carbons (Fsp3) is 0.214. The van der Waals surface area contributed by atoms with Crippen molar-refractivity contribution in [2.45, 2.75) is 20.1 Å². The topological polar surface area (TPSA) is 34.2 Å². The molecule has 0 fully saturated rings. The van der Waals surface area contributed by atoms with E-state index >= 15 is 0 Å². The van der Waals surface area contributed by atoms with E-state index < -0.39 is 0 Å². The maximum atomic E-state index is 5.41. The summed E-state index contributed by atoms with van der Waals surface area (Å²) in [5.41, 5.74) is 4.73. The van der Waals surface area contributed by atoms with Crippen molar-refractivity contribution < 1.29 is 4.74 Å². The highest BCUT2D eigenvalue weighted by molar-refractivity contribution is 9.10. The molecule has 4 heteroatoms. The Hall–Kier alpha value is -1.39. The lowest BCUT2D eigenvalue weighted by atomic mass is 10.1. The van der Waals surface area contributed by atoms with Crippen LogP contribution < -0.4 is 5.32 Å². The Balaban J connectivity index is 1.90. The molecular formula is C14H13BrN2O. The molecule has 1 aromatic heterocycles. The second-order valence-corrected chi connectivity index (χ2v) is 5.18. The maximum absolute atomic E-state index is 5.41. The van der Waals surface area contributed by atoms with Gasteiger partial charge < -0.3 is 10.1 Å². The second-order valence-electron chi connectivity index (χ2n) is 4.39. The Bertz CT molecular complexity index is 598. The molecule has 0 saturated heterocycles. The Morgan fingerprint density at radius 2 is 2.06 bits per heavy atom. The number of hydrogen-bond acceptors (Lipinski definition) is 3. The van der Waals surface area contributed by atoms with Crippen molar-refractivity contribution in [2.75, 3.05) is 5.32 Å². The zero-order chi connectivity index (χ0) is 12.5. The molecule has 2 heterocycles. The molecule has 92 valence electrons. The van der Waals surface area contributed by atoms with Crippen LogP contribution in [0.5, 0.6) is 0 Å². The molecule has 2 aromatic rings. The fourth-order valence-corrected chi connectivity index (χ4v) is 2.35. The van der Waals surface area contributed by atoms with Gasteiger partial charge in [0.25, 0.3) is 0 Å². The number of nitrogens with one attached hydrogen (secondary N) is 1. The van der Waals surface area contributed by atoms with Crippen LogP contribution in [0.2, 0.25) is 0 Å². The van der Waals surface area contributed by atoms with Gasteiger partial charge in [-0.25, -0.2) is 4.98 Å². The number of pyridine rings is 1. The Kier molecular flexibility index (Phi) is 3.06. The molecular weight excluding hydrogens is 292 g/mol. The Morgan fingerprint density at radius 3 is 2.94 bits per heavy atom. The van der Waals surface area contributed by atoms with Gasteiger partial charge in [-0.2, -0.15) is 0 Å². The van der Waals surface area contributed by atoms with Crippen molar-refractivity contribution >= 4 is 27.4 Å². The van der Waals surface area contributed by atoms with Gasteiger partial charge in [-0.3, -0.25) is 0 Å². The van der Waals surface area contributed by atoms with Crippen LogP contribution in [0, 0.1) is 6.92 Å². The summed E-state index contributed by atoms with van der Waals surface area (Å²) in [7, 11) is 0. The number of ether oxygens (including phenoxy) is 1. The standard InChI is InChI=1S/C14H13BrN2O/c1-9-4-5-16-14(13(9)15)17-12-3-2-10-7-18-8-11(10)6-12/h2-6H,7-8H2,1H3,(H,16,17). The van der Waals surface area contributed by atoms with Gasteiger partial charge in [-0.05, 0) is 57.7 Å². The SMILES string of the molecule is Cc1ccnc(Nc2ccc3c(c2)COC3)c1Br. The van der Waals surface area contributed by atoms with Crippen LogP contribution in [-0.2, 0) is 18.0 Å². The first-order valence-electron chi connectivity index (χ1n) is 5.82. The van der Waals surface area contributed by atoms with Crippen LogP contribution in [-0.4, -0.2) is 4.98 Å². The highest BCUT2D eigenvalue weighted by Crippen LogP contribution is 2.29. The molecule has 0 aliphatic carbocycles. The summed E-state index contributed by atoms with van der Waals surface area (Å²) in [5.74, 6) is 0.842. The summed E-state index contributed by atoms with van der Waals surface area (Å²) in [6.07, 6.45) is 1.80. The molecule has 3 nitrogen and oxygen atoms in total. The molecule has 0 radical (unpaired) electrons. The van der Waals surface area contributed by atoms with Crippen molar-refractivity contribution in [1.82, 2.24) is 4.98 Å². The van der Waals surface area contributed by atoms with Crippen molar-refractivity contribution in [2.24, 2.45) is 0 Å². The molecule has 0 atom stereocenters. The van der Waals surface area contributed by atoms with Crippen LogP contribution in [0.3, 0.4) is 0 Å². The van der Waals surface area contributed by atoms with Gasteiger partial charge in [0.2, 0.25) is 0 Å². The first-order valence-corrected chi connectivity index (χ1v) is 6.61. The van der Waals surface area contributed by atoms with Crippen molar-refractivity contribution in [3.63, 3.8) is 0 Å². The molecule has 0 amide bonds. The van der Waals surface area contributed by atoms with E-state index in [0.29, 0.717) is 6.61 Å². The molecule has 1 aliphatic rings. The minimum atomic E-state index is 0.702. The molecule has 18 heavy (non-hydrogen) atoms. The van der Waals surface area contributed by atoms with Gasteiger partial charge >= 0.3 is 0 Å². The number of fused-ring (bicyclic) bond motifs is 1. The summed E-state index contributed by atoms with van der Waals surface area (Å²) < 4.78 is 6.41. The lowest BCUT2D eigenvalue weighted by Gasteiger charge is -2.10. The first kappa shape index (κ1) is 11.7. The third-order valence-corrected chi connectivity index (χ3v) is 4.07. The van der Waals surface area contributed by atoms with Crippen LogP contribution in [0.4, 0.5) is 11.5 Å². The number of aryl methyl sites for hydroxylation is 1. The minimum absolute atomic E-state index is 0.702. The predicted molar refractivity (Wildman–Crippen MR) is 74.9 cm³/mol. The highest BCUT2D eigenvalue weighted by atomic mass is 79.9. The first-order chi connectivity index (χ1) is 8.74. The summed E-state index contributed by atoms with van der Waals surface area (Å²) in [6, 6.07) is 8.27. The number of hydrogen-bond donors (Lipinski definition) is 1. The minimum Gasteiger partial charge on any atom is -0.372 e. The predicted octanol–water partition coefficient (Wildman–Crippen LogP) is 3.93. The van der Waals surface area contributed by atoms with E-state index in [1.807, 2.05) is 13.0 Å². The lowest BCUT2D eigenvalue weighted by Crippen LogP contribution is -1.96. The van der Waals surface area contributed by atoms with E-state index in [1.54, 1.807) is 6.20 Å². The highest BCUT2D eigenvalue weighted by Gasteiger charge is 2.12. The summed E-state index contributed by atoms with van der Waals surface area (Å²) in [6.45, 7) is 3.47. The smallest absolute Gasteiger partial charge is 0.144 e. The number of halogens is 1. The summed E-state index contributed by atoms with van der Waals surface area (Å²) in [4.78, 5) is 4.34. The quantitative estimate of drug-likeness (QED) is 0.913. The molecule has 3 rings (SSSR count). The normalized spacial score (nSPS) is 13.4. The number of rotatable bonds is 2. The van der Waals surface area contributed by atoms with E-state index in [4.69, 9.17) is 4.74 Å². The third-order valence-electron chi connectivity index (χ3n) is 3.07. The van der Waals surface area contributed by atoms with Crippen LogP contribution in [0.15, 0.2) is 34.9 Å². The molecule has 0 saturated carbocycles. The molecule has 0 bridgehead atoms. The number of anilines is 2. The Labute approximate surface area is 114 Å². The van der Waals surface area contributed by atoms with Crippen LogP contribution in [0.25, 0.3) is 0 Å². The molecule has 1 N–H and O–H groups in total. The van der Waals surface area contributed by atoms with Gasteiger partial charge in [-0.15, -0.1) is 0 Å². The average Bonchev–Trinajstić information content (AvgIpc) is 2.82. The molecule has 0 spiro atoms. The van der Waals surface area contributed by atoms with Gasteiger partial charge in [-0.1, -0.05) is 6.07 Å². The van der Waals surface area contributed by atoms with Gasteiger partial charge in [0.05, 0.1) is 17.7 Å². The van der Waals surface area contributed by atoms with Crippen molar-refractivity contribution in [1.29, 1.82) is 0 Å². The van der Waals surface area contributed by atoms with E-state index in [0.717, 1.165) is 28.1 Å². The monoisotopic (exact) mass is 304 g/mol. The zero-order valence-corrected chi connectivity index (χ0v) is 11.6. The van der Waals surface area contributed by atoms with Gasteiger partial charge in [0, 0.05) is 11.9 Å². The molecule has 1 aliphatic heterocycles. The summed E-state index contributed by atoms with van der Waals surface area (Å²) >= 11 is 3.55. The third kappa shape index (κ3) is 2.13. The maximum Gasteiger partial charge on any atom is 0.144 e. The number of nitrogens with zero attached hydrogens (tertiary/aromatic N) is 1. The zero-order valence-electron chi connectivity index (χ0n) is 10.0. The van der Waals surface area contributed by atoms with E-state index in [2.05, 4.69) is 44.4 Å². The van der Waals surface area contributed by atoms with Crippen molar-refractivity contribution in [3.8, 4) is 0 Å². The van der Waals surface area contributed by atoms with Gasteiger partial charge in [0.1, 0.15) is 5.82 Å². The summed E-state index contributed by atoms with van der Waals surface area (Å²) in [5, 5.41) is 3.33. The fourth-order valence-electron chi connectivity index (χ4n) is 2.01. The molecule has 0 unspecified atom stereocenters. The van der Waals surface area contributed by atoms with E-state index in [9.17, 15) is 0 Å². The second kappa shape index (κ2) is 4.71. The van der Waals surface area contributed by atoms with Gasteiger partial charge in [0.15, 0.2) is 0 Å². The van der Waals surface area contributed by atoms with Crippen LogP contribution >= 0.6 is 15.9 Å². The number of aromatic nitrogens is 1. The van der Waals surface area contributed by atoms with E-state index in [-0.39, 0.29) is 0 Å². The molecule has 1 aromatic carbocycles. The number of benzene rings is 1. The van der Waals surface area contributed by atoms with Crippen molar-refractivity contribution in [3.05, 3.63) is 51.6 Å². The lowest BCUT2D eigenvalue weighted by molar-refractivity contribution is 0.134. The average molecular weight is 305 g/mol. The van der Waals surface area contributed by atoms with Crippen LogP contribution in [0.1, 0.15) is 16.7 Å². The Morgan fingerprint density at radius 1 is 1.22 bits per heavy atom. The van der Waals surface area contributed by atoms with E-state index in [1.165, 1.54) is 11.1 Å². The largest absolute Gasteiger partial charge is 0.372 e.